The monoisotopic (exact) mass is 436 g/mol. The first-order valence-corrected chi connectivity index (χ1v) is 10.6. The van der Waals surface area contributed by atoms with Crippen molar-refractivity contribution >= 4 is 11.6 Å². The second kappa shape index (κ2) is 9.27. The summed E-state index contributed by atoms with van der Waals surface area (Å²) in [6.45, 7) is 3.22. The molecule has 1 saturated heterocycles. The van der Waals surface area contributed by atoms with Crippen LogP contribution >= 0.6 is 0 Å². The number of allylic oxidation sites excluding steroid dienone is 3. The average Bonchev–Trinajstić information content (AvgIpc) is 3.27. The molecule has 9 heteroatoms. The van der Waals surface area contributed by atoms with Crippen LogP contribution in [0.1, 0.15) is 30.3 Å². The number of nitrogens with zero attached hydrogens (tertiary/aromatic N) is 2. The Hall–Kier alpha value is -3.59. The third-order valence-electron chi connectivity index (χ3n) is 5.60. The van der Waals surface area contributed by atoms with Gasteiger partial charge in [-0.3, -0.25) is 9.78 Å². The van der Waals surface area contributed by atoms with Gasteiger partial charge in [0.25, 0.3) is 5.91 Å². The maximum Gasteiger partial charge on any atom is 0.275 e. The third-order valence-corrected chi connectivity index (χ3v) is 5.60. The van der Waals surface area contributed by atoms with Crippen LogP contribution in [0.2, 0.25) is 0 Å². The number of rotatable bonds is 5. The van der Waals surface area contributed by atoms with Crippen molar-refractivity contribution in [2.24, 2.45) is 0 Å². The number of aliphatic hydroxyl groups excluding tert-OH is 1. The minimum Gasteiger partial charge on any atom is -0.472 e. The van der Waals surface area contributed by atoms with Gasteiger partial charge in [-0.1, -0.05) is 0 Å². The zero-order valence-electron chi connectivity index (χ0n) is 18.2. The molecule has 1 aromatic rings. The molecule has 0 saturated carbocycles. The Labute approximate surface area is 187 Å². The number of ether oxygens (including phenoxy) is 1. The number of carbonyl (C=O) groups excluding carboxylic acids is 1. The van der Waals surface area contributed by atoms with Crippen LogP contribution in [0.15, 0.2) is 65.6 Å². The largest absolute Gasteiger partial charge is 0.472 e. The Morgan fingerprint density at radius 2 is 2.16 bits per heavy atom. The van der Waals surface area contributed by atoms with E-state index >= 15 is 0 Å². The number of aromatic nitrogens is 1. The molecule has 1 fully saturated rings. The highest BCUT2D eigenvalue weighted by Gasteiger charge is 2.28. The fraction of sp³-hybridized carbons (Fsp3) is 0.348. The Morgan fingerprint density at radius 1 is 1.38 bits per heavy atom. The van der Waals surface area contributed by atoms with E-state index in [1.165, 1.54) is 6.26 Å². The van der Waals surface area contributed by atoms with Gasteiger partial charge in [-0.15, -0.1) is 0 Å². The van der Waals surface area contributed by atoms with Gasteiger partial charge < -0.3 is 36.1 Å². The van der Waals surface area contributed by atoms with Gasteiger partial charge in [-0.2, -0.15) is 0 Å². The Balaban J connectivity index is 1.50. The molecule has 3 aliphatic rings. The highest BCUT2D eigenvalue weighted by Crippen LogP contribution is 2.27. The molecule has 9 nitrogen and oxygen atoms in total. The quantitative estimate of drug-likeness (QED) is 0.472. The summed E-state index contributed by atoms with van der Waals surface area (Å²) in [5, 5.41) is 27.2. The van der Waals surface area contributed by atoms with Crippen LogP contribution in [-0.4, -0.2) is 52.9 Å². The molecule has 32 heavy (non-hydrogen) atoms. The number of aryl methyl sites for hydroxylation is 1. The maximum absolute atomic E-state index is 13.0. The number of likely N-dealkylation sites (tertiary alicyclic amines) is 1. The molecular formula is C23H28N6O3. The smallest absolute Gasteiger partial charge is 0.275 e. The van der Waals surface area contributed by atoms with Gasteiger partial charge in [0.1, 0.15) is 12.0 Å². The van der Waals surface area contributed by atoms with E-state index in [4.69, 9.17) is 10.1 Å². The van der Waals surface area contributed by atoms with Crippen molar-refractivity contribution in [3.05, 3.63) is 76.9 Å². The molecule has 1 aliphatic carbocycles. The minimum atomic E-state index is -0.454. The van der Waals surface area contributed by atoms with Gasteiger partial charge in [0.15, 0.2) is 6.23 Å². The second-order valence-corrected chi connectivity index (χ2v) is 7.98. The van der Waals surface area contributed by atoms with E-state index in [0.29, 0.717) is 48.6 Å². The first-order valence-electron chi connectivity index (χ1n) is 10.6. The second-order valence-electron chi connectivity index (χ2n) is 7.98. The van der Waals surface area contributed by atoms with Crippen LogP contribution in [0.3, 0.4) is 0 Å². The molecule has 2 aliphatic heterocycles. The van der Waals surface area contributed by atoms with Crippen molar-refractivity contribution in [3.8, 4) is 0 Å². The molecular weight excluding hydrogens is 408 g/mol. The number of hydrogen-bond donors (Lipinski definition) is 5. The van der Waals surface area contributed by atoms with Crippen LogP contribution in [0, 0.1) is 12.3 Å². The van der Waals surface area contributed by atoms with E-state index in [9.17, 15) is 9.90 Å². The van der Waals surface area contributed by atoms with Crippen molar-refractivity contribution in [3.63, 3.8) is 0 Å². The van der Waals surface area contributed by atoms with Gasteiger partial charge >= 0.3 is 0 Å². The molecule has 0 aromatic carbocycles. The van der Waals surface area contributed by atoms with E-state index < -0.39 is 6.23 Å². The maximum atomic E-state index is 13.0. The number of piperidine rings is 1. The fourth-order valence-electron chi connectivity index (χ4n) is 3.89. The number of pyridine rings is 1. The van der Waals surface area contributed by atoms with E-state index in [0.717, 1.165) is 17.0 Å². The van der Waals surface area contributed by atoms with E-state index in [-0.39, 0.29) is 12.0 Å². The van der Waals surface area contributed by atoms with Gasteiger partial charge in [0.2, 0.25) is 0 Å². The van der Waals surface area contributed by atoms with E-state index in [1.54, 1.807) is 31.6 Å². The molecule has 3 heterocycles. The fourth-order valence-corrected chi connectivity index (χ4v) is 3.89. The lowest BCUT2D eigenvalue weighted by molar-refractivity contribution is -0.117. The molecule has 5 N–H and O–H groups in total. The lowest BCUT2D eigenvalue weighted by Crippen LogP contribution is -2.40. The van der Waals surface area contributed by atoms with Crippen molar-refractivity contribution in [1.82, 2.24) is 25.8 Å². The first kappa shape index (κ1) is 21.6. The summed E-state index contributed by atoms with van der Waals surface area (Å²) in [5.41, 5.74) is 4.46. The minimum absolute atomic E-state index is 0.310. The molecule has 1 atom stereocenters. The Morgan fingerprint density at radius 3 is 2.88 bits per heavy atom. The molecule has 0 radical (unpaired) electrons. The van der Waals surface area contributed by atoms with Crippen LogP contribution in [0.4, 0.5) is 0 Å². The molecule has 0 spiro atoms. The molecule has 168 valence electrons. The van der Waals surface area contributed by atoms with Crippen molar-refractivity contribution in [2.45, 2.75) is 32.1 Å². The predicted molar refractivity (Wildman–Crippen MR) is 120 cm³/mol. The Bertz CT molecular complexity index is 1030. The van der Waals surface area contributed by atoms with E-state index in [2.05, 4.69) is 25.8 Å². The standard InChI is InChI=1S/C23H28N6O3/c1-14-9-15(3-6-26-14)23-28-20(13-32-23)22(31)27-19-10-16(12-25-2)18(24)11-21(19)29-7-4-17(30)5-8-29/h3,6,9-13,17,23-25,28,30H,4-5,7-8H2,1-2H3,(H,27,31)/b16-12-,24-18?. The van der Waals surface area contributed by atoms with Gasteiger partial charge in [-0.25, -0.2) is 0 Å². The van der Waals surface area contributed by atoms with Gasteiger partial charge in [0, 0.05) is 49.4 Å². The molecule has 1 aromatic heterocycles. The van der Waals surface area contributed by atoms with Crippen LogP contribution < -0.4 is 16.0 Å². The zero-order valence-corrected chi connectivity index (χ0v) is 18.2. The Kier molecular flexibility index (Phi) is 6.27. The zero-order chi connectivity index (χ0) is 22.7. The average molecular weight is 437 g/mol. The van der Waals surface area contributed by atoms with Crippen molar-refractivity contribution < 1.29 is 14.6 Å². The summed E-state index contributed by atoms with van der Waals surface area (Å²) in [6.07, 6.45) is 8.93. The van der Waals surface area contributed by atoms with Crippen LogP contribution in [0.5, 0.6) is 0 Å². The summed E-state index contributed by atoms with van der Waals surface area (Å²) in [5.74, 6) is -0.329. The van der Waals surface area contributed by atoms with Crippen molar-refractivity contribution in [1.29, 1.82) is 5.41 Å². The van der Waals surface area contributed by atoms with Crippen LogP contribution in [-0.2, 0) is 9.53 Å². The molecule has 1 unspecified atom stereocenters. The lowest BCUT2D eigenvalue weighted by atomic mass is 9.98. The summed E-state index contributed by atoms with van der Waals surface area (Å²) >= 11 is 0. The number of nitrogens with one attached hydrogen (secondary N) is 4. The van der Waals surface area contributed by atoms with Gasteiger partial charge in [-0.05, 0) is 44.1 Å². The normalized spacial score (nSPS) is 22.5. The predicted octanol–water partition coefficient (Wildman–Crippen LogP) is 1.33. The third kappa shape index (κ3) is 4.67. The van der Waals surface area contributed by atoms with Gasteiger partial charge in [0.05, 0.1) is 23.2 Å². The highest BCUT2D eigenvalue weighted by atomic mass is 16.5. The summed E-state index contributed by atoms with van der Waals surface area (Å²) in [4.78, 5) is 19.3. The summed E-state index contributed by atoms with van der Waals surface area (Å²) in [7, 11) is 1.77. The topological polar surface area (TPSA) is 123 Å². The molecule has 4 rings (SSSR count). The molecule has 0 bridgehead atoms. The lowest BCUT2D eigenvalue weighted by Gasteiger charge is -2.35. The van der Waals surface area contributed by atoms with Crippen molar-refractivity contribution in [2.75, 3.05) is 20.1 Å². The number of hydrogen-bond acceptors (Lipinski definition) is 8. The van der Waals surface area contributed by atoms with Crippen LogP contribution in [0.25, 0.3) is 0 Å². The summed E-state index contributed by atoms with van der Waals surface area (Å²) < 4.78 is 5.66. The van der Waals surface area contributed by atoms with E-state index in [1.807, 2.05) is 19.1 Å². The SMILES string of the molecule is CN/C=C1/C=C(NC(=O)C2=COC(c3ccnc(C)c3)N2)C(N2CCC(O)CC2)=CC1=N. The molecule has 1 amide bonds. The summed E-state index contributed by atoms with van der Waals surface area (Å²) in [6, 6.07) is 3.75. The first-order chi connectivity index (χ1) is 15.4. The number of carbonyl (C=O) groups is 1. The number of aliphatic hydroxyl groups is 1. The number of amides is 1. The highest BCUT2D eigenvalue weighted by molar-refractivity contribution is 6.10.